The number of benzene rings is 4. The highest BCUT2D eigenvalue weighted by Crippen LogP contribution is 2.36. The molecule has 5 nitrogen and oxygen atoms in total. The van der Waals surface area contributed by atoms with Crippen LogP contribution in [0, 0.1) is 6.92 Å². The van der Waals surface area contributed by atoms with E-state index in [-0.39, 0.29) is 0 Å². The molecule has 0 aliphatic heterocycles. The predicted molar refractivity (Wildman–Crippen MR) is 152 cm³/mol. The molecular formula is C32H27ClN2O3. The zero-order valence-electron chi connectivity index (χ0n) is 21.4. The van der Waals surface area contributed by atoms with Gasteiger partial charge in [-0.15, -0.1) is 0 Å². The standard InChI is InChI=1S/C32H27ClN2O3/c1-21-8-6-10-23(18-21)30-20-29(34-35(30)25-16-14-24(33)15-17-25)28-13-5-4-12-27(28)22-9-7-11-26(19-22)38-32(2,3)31(36)37/h4-20H,1-3H3,(H,36,37). The van der Waals surface area contributed by atoms with Gasteiger partial charge in [0, 0.05) is 16.1 Å². The fraction of sp³-hybridized carbons (Fsp3) is 0.125. The number of ether oxygens (including phenoxy) is 1. The Morgan fingerprint density at radius 2 is 1.53 bits per heavy atom. The monoisotopic (exact) mass is 522 g/mol. The van der Waals surface area contributed by atoms with Crippen molar-refractivity contribution in [2.45, 2.75) is 26.4 Å². The van der Waals surface area contributed by atoms with E-state index in [1.165, 1.54) is 13.8 Å². The number of aryl methyl sites for hydroxylation is 1. The van der Waals surface area contributed by atoms with Gasteiger partial charge in [-0.05, 0) is 80.4 Å². The first-order valence-electron chi connectivity index (χ1n) is 12.3. The van der Waals surface area contributed by atoms with Gasteiger partial charge in [0.05, 0.1) is 17.1 Å². The van der Waals surface area contributed by atoms with E-state index in [1.807, 2.05) is 77.5 Å². The average molecular weight is 523 g/mol. The van der Waals surface area contributed by atoms with Gasteiger partial charge in [-0.25, -0.2) is 9.48 Å². The Bertz CT molecular complexity index is 1620. The molecule has 0 bridgehead atoms. The van der Waals surface area contributed by atoms with E-state index < -0.39 is 11.6 Å². The van der Waals surface area contributed by atoms with Gasteiger partial charge in [-0.2, -0.15) is 5.10 Å². The summed E-state index contributed by atoms with van der Waals surface area (Å²) in [5.41, 5.74) is 6.35. The lowest BCUT2D eigenvalue weighted by atomic mass is 9.97. The molecule has 1 aromatic heterocycles. The van der Waals surface area contributed by atoms with Crippen LogP contribution < -0.4 is 4.74 Å². The topological polar surface area (TPSA) is 64.3 Å². The van der Waals surface area contributed by atoms with E-state index in [1.54, 1.807) is 6.07 Å². The molecule has 0 saturated carbocycles. The van der Waals surface area contributed by atoms with Crippen molar-refractivity contribution in [2.75, 3.05) is 0 Å². The lowest BCUT2D eigenvalue weighted by Crippen LogP contribution is -2.37. The molecular weight excluding hydrogens is 496 g/mol. The fourth-order valence-corrected chi connectivity index (χ4v) is 4.45. The van der Waals surface area contributed by atoms with Crippen molar-refractivity contribution in [3.63, 3.8) is 0 Å². The van der Waals surface area contributed by atoms with Crippen molar-refractivity contribution in [1.82, 2.24) is 9.78 Å². The highest BCUT2D eigenvalue weighted by Gasteiger charge is 2.29. The zero-order chi connectivity index (χ0) is 26.9. The summed E-state index contributed by atoms with van der Waals surface area (Å²) in [7, 11) is 0. The molecule has 0 atom stereocenters. The minimum atomic E-state index is -1.35. The van der Waals surface area contributed by atoms with E-state index in [0.29, 0.717) is 10.8 Å². The molecule has 0 radical (unpaired) electrons. The van der Waals surface area contributed by atoms with E-state index in [9.17, 15) is 9.90 Å². The van der Waals surface area contributed by atoms with Gasteiger partial charge in [0.2, 0.25) is 0 Å². The van der Waals surface area contributed by atoms with Crippen LogP contribution in [0.3, 0.4) is 0 Å². The van der Waals surface area contributed by atoms with Crippen molar-refractivity contribution in [1.29, 1.82) is 0 Å². The Kier molecular flexibility index (Phi) is 6.79. The molecule has 1 heterocycles. The number of rotatable bonds is 7. The van der Waals surface area contributed by atoms with Gasteiger partial charge < -0.3 is 9.84 Å². The van der Waals surface area contributed by atoms with Crippen LogP contribution in [0.15, 0.2) is 103 Å². The first-order valence-corrected chi connectivity index (χ1v) is 12.6. The van der Waals surface area contributed by atoms with Gasteiger partial charge >= 0.3 is 5.97 Å². The lowest BCUT2D eigenvalue weighted by Gasteiger charge is -2.22. The van der Waals surface area contributed by atoms with Gasteiger partial charge in [-0.3, -0.25) is 0 Å². The normalized spacial score (nSPS) is 11.4. The summed E-state index contributed by atoms with van der Waals surface area (Å²) >= 11 is 6.16. The van der Waals surface area contributed by atoms with Crippen molar-refractivity contribution < 1.29 is 14.6 Å². The molecule has 0 spiro atoms. The van der Waals surface area contributed by atoms with E-state index in [0.717, 1.165) is 44.9 Å². The highest BCUT2D eigenvalue weighted by atomic mass is 35.5. The van der Waals surface area contributed by atoms with Crippen molar-refractivity contribution in [3.05, 3.63) is 114 Å². The number of halogens is 1. The van der Waals surface area contributed by atoms with Crippen LogP contribution in [-0.2, 0) is 4.79 Å². The van der Waals surface area contributed by atoms with Crippen molar-refractivity contribution in [3.8, 4) is 45.1 Å². The molecule has 4 aromatic carbocycles. The fourth-order valence-electron chi connectivity index (χ4n) is 4.33. The molecule has 0 aliphatic carbocycles. The molecule has 1 N–H and O–H groups in total. The van der Waals surface area contributed by atoms with E-state index in [4.69, 9.17) is 21.4 Å². The predicted octanol–water partition coefficient (Wildman–Crippen LogP) is 8.08. The summed E-state index contributed by atoms with van der Waals surface area (Å²) < 4.78 is 7.74. The minimum absolute atomic E-state index is 0.483. The number of carboxylic acids is 1. The van der Waals surface area contributed by atoms with Crippen LogP contribution >= 0.6 is 11.6 Å². The largest absolute Gasteiger partial charge is 0.478 e. The van der Waals surface area contributed by atoms with Crippen LogP contribution in [0.25, 0.3) is 39.3 Å². The number of aromatic nitrogens is 2. The zero-order valence-corrected chi connectivity index (χ0v) is 22.1. The number of carboxylic acid groups (broad SMARTS) is 1. The summed E-state index contributed by atoms with van der Waals surface area (Å²) in [6.45, 7) is 5.14. The Morgan fingerprint density at radius 3 is 2.24 bits per heavy atom. The maximum absolute atomic E-state index is 11.6. The third-order valence-corrected chi connectivity index (χ3v) is 6.58. The number of carbonyl (C=O) groups is 1. The Labute approximate surface area is 226 Å². The van der Waals surface area contributed by atoms with Crippen LogP contribution in [0.2, 0.25) is 5.02 Å². The van der Waals surface area contributed by atoms with Gasteiger partial charge in [0.1, 0.15) is 5.75 Å². The quantitative estimate of drug-likeness (QED) is 0.234. The third-order valence-electron chi connectivity index (χ3n) is 6.33. The lowest BCUT2D eigenvalue weighted by molar-refractivity contribution is -0.152. The minimum Gasteiger partial charge on any atom is -0.478 e. The summed E-state index contributed by atoms with van der Waals surface area (Å²) in [5, 5.41) is 15.2. The molecule has 0 unspecified atom stereocenters. The second-order valence-electron chi connectivity index (χ2n) is 9.66. The molecule has 5 aromatic rings. The molecule has 0 fully saturated rings. The van der Waals surface area contributed by atoms with Crippen LogP contribution in [-0.4, -0.2) is 26.5 Å². The summed E-state index contributed by atoms with van der Waals surface area (Å²) in [4.78, 5) is 11.6. The highest BCUT2D eigenvalue weighted by molar-refractivity contribution is 6.30. The summed E-state index contributed by atoms with van der Waals surface area (Å²) in [6, 6.07) is 33.6. The summed E-state index contributed by atoms with van der Waals surface area (Å²) in [6.07, 6.45) is 0. The van der Waals surface area contributed by atoms with Crippen LogP contribution in [0.1, 0.15) is 19.4 Å². The Balaban J connectivity index is 1.63. The molecule has 0 saturated heterocycles. The Morgan fingerprint density at radius 1 is 0.842 bits per heavy atom. The van der Waals surface area contributed by atoms with Crippen molar-refractivity contribution in [2.24, 2.45) is 0 Å². The molecule has 0 amide bonds. The van der Waals surface area contributed by atoms with Crippen LogP contribution in [0.5, 0.6) is 5.75 Å². The molecule has 0 aliphatic rings. The number of nitrogens with zero attached hydrogens (tertiary/aromatic N) is 2. The average Bonchev–Trinajstić information content (AvgIpc) is 3.34. The van der Waals surface area contributed by atoms with E-state index >= 15 is 0 Å². The molecule has 5 rings (SSSR count). The van der Waals surface area contributed by atoms with Crippen LogP contribution in [0.4, 0.5) is 0 Å². The maximum atomic E-state index is 11.6. The first-order chi connectivity index (χ1) is 18.2. The molecule has 38 heavy (non-hydrogen) atoms. The van der Waals surface area contributed by atoms with Gasteiger partial charge in [0.15, 0.2) is 5.60 Å². The first kappa shape index (κ1) is 25.3. The smallest absolute Gasteiger partial charge is 0.347 e. The Hall–Kier alpha value is -4.35. The number of aliphatic carboxylic acids is 1. The third kappa shape index (κ3) is 5.20. The SMILES string of the molecule is Cc1cccc(-c2cc(-c3ccccc3-c3cccc(OC(C)(C)C(=O)O)c3)nn2-c2ccc(Cl)cc2)c1. The maximum Gasteiger partial charge on any atom is 0.347 e. The van der Waals surface area contributed by atoms with Gasteiger partial charge in [0.25, 0.3) is 0 Å². The van der Waals surface area contributed by atoms with Gasteiger partial charge in [-0.1, -0.05) is 71.8 Å². The number of hydrogen-bond donors (Lipinski definition) is 1. The van der Waals surface area contributed by atoms with Crippen molar-refractivity contribution >= 4 is 17.6 Å². The molecule has 190 valence electrons. The number of hydrogen-bond acceptors (Lipinski definition) is 3. The second kappa shape index (κ2) is 10.2. The second-order valence-corrected chi connectivity index (χ2v) is 10.1. The summed E-state index contributed by atoms with van der Waals surface area (Å²) in [5.74, 6) is -0.545. The molecule has 6 heteroatoms. The van der Waals surface area contributed by atoms with E-state index in [2.05, 4.69) is 31.2 Å².